The summed E-state index contributed by atoms with van der Waals surface area (Å²) in [7, 11) is 1.90. The van der Waals surface area contributed by atoms with Crippen LogP contribution in [0, 0.1) is 5.92 Å². The third-order valence-electron chi connectivity index (χ3n) is 12.1. The molecule has 0 radical (unpaired) electrons. The quantitative estimate of drug-likeness (QED) is 0.273. The topological polar surface area (TPSA) is 191 Å². The number of carbonyl (C=O) groups is 7. The minimum atomic E-state index is -1.47. The molecule has 8 atom stereocenters. The molecule has 59 heavy (non-hydrogen) atoms. The molecule has 0 aliphatic carbocycles. The van der Waals surface area contributed by atoms with E-state index in [0.29, 0.717) is 50.8 Å². The highest BCUT2D eigenvalue weighted by atomic mass is 16.5. The van der Waals surface area contributed by atoms with Crippen LogP contribution in [-0.4, -0.2) is 123 Å². The van der Waals surface area contributed by atoms with Gasteiger partial charge in [0, 0.05) is 50.5 Å². The molecule has 7 amide bonds. The fourth-order valence-electron chi connectivity index (χ4n) is 8.95. The highest BCUT2D eigenvalue weighted by Gasteiger charge is 2.47. The van der Waals surface area contributed by atoms with Gasteiger partial charge in [-0.25, -0.2) is 9.59 Å². The summed E-state index contributed by atoms with van der Waals surface area (Å²) in [6, 6.07) is 9.45. The van der Waals surface area contributed by atoms with Crippen LogP contribution in [0.1, 0.15) is 64.9 Å². The maximum Gasteiger partial charge on any atom is 0.329 e. The first kappa shape index (κ1) is 41.2. The molecule has 4 N–H and O–H groups in total. The molecule has 0 bridgehead atoms. The molecule has 2 aromatic carbocycles. The first-order valence-electron chi connectivity index (χ1n) is 20.7. The molecule has 5 heterocycles. The van der Waals surface area contributed by atoms with Gasteiger partial charge in [0.2, 0.25) is 29.5 Å². The van der Waals surface area contributed by atoms with Gasteiger partial charge in [-0.2, -0.15) is 0 Å². The van der Waals surface area contributed by atoms with Gasteiger partial charge in [0.25, 0.3) is 0 Å². The van der Waals surface area contributed by atoms with E-state index in [1.165, 1.54) is 21.6 Å². The van der Waals surface area contributed by atoms with Crippen LogP contribution in [0.4, 0.5) is 10.5 Å². The van der Waals surface area contributed by atoms with Crippen LogP contribution >= 0.6 is 0 Å². The number of urea groups is 1. The normalized spacial score (nSPS) is 27.4. The van der Waals surface area contributed by atoms with Gasteiger partial charge in [-0.1, -0.05) is 43.3 Å². The molecule has 7 rings (SSSR count). The van der Waals surface area contributed by atoms with Gasteiger partial charge in [0.05, 0.1) is 0 Å². The number of hydrogen-bond acceptors (Lipinski definition) is 8. The van der Waals surface area contributed by atoms with Crippen molar-refractivity contribution in [1.29, 1.82) is 0 Å². The Morgan fingerprint density at radius 3 is 2.34 bits per heavy atom. The molecule has 4 aliphatic rings. The molecule has 8 unspecified atom stereocenters. The number of fused-ring (bicyclic) bond motifs is 4. The number of nitrogens with one attached hydrogen (secondary N) is 4. The number of rotatable bonds is 6. The summed E-state index contributed by atoms with van der Waals surface area (Å²) in [5, 5.41) is 12.2. The molecular formula is C43H54N8O8. The van der Waals surface area contributed by atoms with Crippen molar-refractivity contribution in [3.8, 4) is 0 Å². The average molecular weight is 811 g/mol. The Hall–Kier alpha value is -5.93. The summed E-state index contributed by atoms with van der Waals surface area (Å²) < 4.78 is 7.90. The monoisotopic (exact) mass is 810 g/mol. The fraction of sp³-hybridized carbons (Fsp3) is 0.512. The fourth-order valence-corrected chi connectivity index (χ4v) is 8.95. The second-order valence-electron chi connectivity index (χ2n) is 16.5. The van der Waals surface area contributed by atoms with Gasteiger partial charge < -0.3 is 45.3 Å². The van der Waals surface area contributed by atoms with E-state index in [4.69, 9.17) is 4.74 Å². The van der Waals surface area contributed by atoms with Gasteiger partial charge in [-0.05, 0) is 87.4 Å². The number of ether oxygens (including phenoxy) is 1. The first-order chi connectivity index (χ1) is 28.3. The number of piperidine rings is 1. The SMILES string of the molecule is CC1CC2C(=O)OC(C)C(NC(=O)C(Cc3ccccc3)NC(=O)Nc3ccc4ccn(C)c4c3)C(=O)N3CCCC3C(=O)N3CCCCC3C(=O)NC(C)C(=O)N2C1. The van der Waals surface area contributed by atoms with E-state index < -0.39 is 83.9 Å². The number of nitrogens with zero attached hydrogens (tertiary/aromatic N) is 4. The Kier molecular flexibility index (Phi) is 12.2. The van der Waals surface area contributed by atoms with Crippen molar-refractivity contribution in [2.75, 3.05) is 25.0 Å². The number of benzene rings is 2. The Morgan fingerprint density at radius 1 is 0.831 bits per heavy atom. The van der Waals surface area contributed by atoms with Gasteiger partial charge >= 0.3 is 12.0 Å². The lowest BCUT2D eigenvalue weighted by atomic mass is 9.99. The van der Waals surface area contributed by atoms with E-state index in [2.05, 4.69) is 21.3 Å². The molecule has 16 heteroatoms. The summed E-state index contributed by atoms with van der Waals surface area (Å²) in [5.41, 5.74) is 2.14. The zero-order valence-corrected chi connectivity index (χ0v) is 34.0. The summed E-state index contributed by atoms with van der Waals surface area (Å²) in [4.78, 5) is 103. The summed E-state index contributed by atoms with van der Waals surface area (Å²) >= 11 is 0. The maximum absolute atomic E-state index is 14.8. The van der Waals surface area contributed by atoms with Crippen LogP contribution in [0.3, 0.4) is 0 Å². The smallest absolute Gasteiger partial charge is 0.329 e. The molecule has 314 valence electrons. The number of anilines is 1. The van der Waals surface area contributed by atoms with Gasteiger partial charge in [0.1, 0.15) is 42.4 Å². The minimum absolute atomic E-state index is 0.0592. The largest absolute Gasteiger partial charge is 0.458 e. The Morgan fingerprint density at radius 2 is 1.56 bits per heavy atom. The zero-order valence-electron chi connectivity index (χ0n) is 34.0. The van der Waals surface area contributed by atoms with E-state index >= 15 is 0 Å². The zero-order chi connectivity index (χ0) is 42.0. The van der Waals surface area contributed by atoms with Crippen LogP contribution in [0.25, 0.3) is 10.9 Å². The Bertz CT molecular complexity index is 2110. The van der Waals surface area contributed by atoms with Gasteiger partial charge in [0.15, 0.2) is 0 Å². The molecule has 4 fully saturated rings. The Balaban J connectivity index is 1.19. The van der Waals surface area contributed by atoms with E-state index in [1.54, 1.807) is 13.0 Å². The number of amides is 7. The van der Waals surface area contributed by atoms with E-state index in [1.807, 2.05) is 73.3 Å². The number of aryl methyl sites for hydroxylation is 1. The predicted molar refractivity (Wildman–Crippen MR) is 217 cm³/mol. The van der Waals surface area contributed by atoms with Crippen molar-refractivity contribution in [3.05, 3.63) is 66.4 Å². The lowest BCUT2D eigenvalue weighted by Gasteiger charge is -2.39. The van der Waals surface area contributed by atoms with E-state index in [9.17, 15) is 33.6 Å². The highest BCUT2D eigenvalue weighted by Crippen LogP contribution is 2.29. The van der Waals surface area contributed by atoms with Gasteiger partial charge in [-0.15, -0.1) is 0 Å². The number of aromatic nitrogens is 1. The molecule has 4 aliphatic heterocycles. The molecular weight excluding hydrogens is 757 g/mol. The van der Waals surface area contributed by atoms with Crippen molar-refractivity contribution in [1.82, 2.24) is 35.2 Å². The second-order valence-corrected chi connectivity index (χ2v) is 16.5. The standard InChI is InChI=1S/C43H54N8O8/c1-25-21-35-42(57)59-27(3)36(41(56)50-19-10-14-33(50)40(55)49-18-9-8-13-32(49)38(53)44-26(2)39(54)51(35)24-25)47-37(52)31(22-28-11-6-5-7-12-28)46-43(58)45-30-16-15-29-17-20-48(4)34(29)23-30/h5-7,11-12,15-17,20,23,25-27,31-33,35-36H,8-10,13-14,18-19,21-22,24H2,1-4H3,(H,44,53)(H,47,52)(H2,45,46,58). The lowest BCUT2D eigenvalue weighted by Crippen LogP contribution is -2.63. The molecule has 1 aromatic heterocycles. The van der Waals surface area contributed by atoms with E-state index in [-0.39, 0.29) is 25.4 Å². The summed E-state index contributed by atoms with van der Waals surface area (Å²) in [6.07, 6.45) is 3.63. The molecule has 4 saturated heterocycles. The lowest BCUT2D eigenvalue weighted by molar-refractivity contribution is -0.163. The van der Waals surface area contributed by atoms with Crippen molar-refractivity contribution in [2.24, 2.45) is 13.0 Å². The van der Waals surface area contributed by atoms with Crippen molar-refractivity contribution in [2.45, 2.75) is 108 Å². The highest BCUT2D eigenvalue weighted by molar-refractivity contribution is 5.99. The third kappa shape index (κ3) is 8.91. The summed E-state index contributed by atoms with van der Waals surface area (Å²) in [6.45, 7) is 5.74. The number of carbonyl (C=O) groups excluding carboxylic acids is 7. The van der Waals surface area contributed by atoms with Crippen molar-refractivity contribution in [3.63, 3.8) is 0 Å². The van der Waals surface area contributed by atoms with E-state index in [0.717, 1.165) is 16.5 Å². The van der Waals surface area contributed by atoms with Gasteiger partial charge in [-0.3, -0.25) is 24.0 Å². The number of esters is 1. The van der Waals surface area contributed by atoms with Crippen molar-refractivity contribution < 1.29 is 38.3 Å². The average Bonchev–Trinajstić information content (AvgIpc) is 3.97. The van der Waals surface area contributed by atoms with Crippen LogP contribution in [0.5, 0.6) is 0 Å². The van der Waals surface area contributed by atoms with Crippen LogP contribution in [0.2, 0.25) is 0 Å². The molecule has 0 saturated carbocycles. The van der Waals surface area contributed by atoms with Crippen LogP contribution in [0.15, 0.2) is 60.8 Å². The first-order valence-corrected chi connectivity index (χ1v) is 20.7. The predicted octanol–water partition coefficient (Wildman–Crippen LogP) is 2.46. The van der Waals surface area contributed by atoms with Crippen molar-refractivity contribution >= 4 is 58.1 Å². The van der Waals surface area contributed by atoms with Crippen LogP contribution < -0.4 is 21.3 Å². The number of hydrogen-bond donors (Lipinski definition) is 4. The molecule has 3 aromatic rings. The Labute approximate surface area is 343 Å². The minimum Gasteiger partial charge on any atom is -0.458 e. The second kappa shape index (κ2) is 17.5. The van der Waals surface area contributed by atoms with Crippen LogP contribution in [-0.2, 0) is 47.0 Å². The maximum atomic E-state index is 14.8. The molecule has 0 spiro atoms. The third-order valence-corrected chi connectivity index (χ3v) is 12.1. The number of cyclic esters (lactones) is 1. The summed E-state index contributed by atoms with van der Waals surface area (Å²) in [5.74, 6) is -3.48. The molecule has 16 nitrogen and oxygen atoms in total.